The van der Waals surface area contributed by atoms with Crippen LogP contribution in [0.5, 0.6) is 0 Å². The number of esters is 1. The Labute approximate surface area is 220 Å². The fraction of sp³-hybridized carbons (Fsp3) is 0.750. The van der Waals surface area contributed by atoms with Crippen LogP contribution in [0.1, 0.15) is 52.9 Å². The molecule has 0 spiro atoms. The Morgan fingerprint density at radius 3 is 2.53 bits per heavy atom. The average molecular weight is 469 g/mol. The number of aliphatic hydroxyl groups is 2. The second kappa shape index (κ2) is 9.70. The van der Waals surface area contributed by atoms with Gasteiger partial charge in [-0.25, -0.2) is 13.2 Å². The number of hydrogen-bond acceptors (Lipinski definition) is 8. The van der Waals surface area contributed by atoms with Crippen molar-refractivity contribution in [3.05, 3.63) is 22.8 Å². The first-order valence-electron chi connectivity index (χ1n) is 9.91. The number of cyclic esters (lactones) is 1. The molecular weight excluding hydrogens is 439 g/mol. The average Bonchev–Trinajstić information content (AvgIpc) is 2.94. The van der Waals surface area contributed by atoms with E-state index in [9.17, 15) is 28.0 Å². The Morgan fingerprint density at radius 1 is 1.30 bits per heavy atom. The van der Waals surface area contributed by atoms with Crippen LogP contribution in [-0.4, -0.2) is 54.6 Å². The topological polar surface area (TPSA) is 133 Å². The van der Waals surface area contributed by atoms with Crippen LogP contribution < -0.4 is 51.4 Å². The molecule has 1 unspecified atom stereocenters. The van der Waals surface area contributed by atoms with Crippen LogP contribution in [0.2, 0.25) is 0 Å². The fourth-order valence-corrected chi connectivity index (χ4v) is 6.01. The largest absolute Gasteiger partial charge is 1.00 e. The molecule has 2 N–H and O–H groups in total. The number of aliphatic hydroxyl groups excluding tert-OH is 2. The Morgan fingerprint density at radius 2 is 1.97 bits per heavy atom. The van der Waals surface area contributed by atoms with E-state index in [1.54, 1.807) is 13.0 Å². The third-order valence-corrected chi connectivity index (χ3v) is 7.69. The third-order valence-electron chi connectivity index (χ3n) is 7.28. The number of ether oxygens (including phenoxy) is 1. The van der Waals surface area contributed by atoms with Crippen molar-refractivity contribution in [1.82, 2.24) is 0 Å². The molecule has 8 nitrogen and oxygen atoms in total. The van der Waals surface area contributed by atoms with E-state index in [-0.39, 0.29) is 81.5 Å². The summed E-state index contributed by atoms with van der Waals surface area (Å²) in [6.07, 6.45) is 3.11. The van der Waals surface area contributed by atoms with Gasteiger partial charge in [-0.1, -0.05) is 31.1 Å². The van der Waals surface area contributed by atoms with Gasteiger partial charge in [0, 0.05) is 5.41 Å². The van der Waals surface area contributed by atoms with Crippen molar-refractivity contribution in [3.63, 3.8) is 0 Å². The molecule has 2 aliphatic carbocycles. The first-order chi connectivity index (χ1) is 13.4. The molecule has 3 rings (SSSR count). The molecule has 1 saturated heterocycles. The summed E-state index contributed by atoms with van der Waals surface area (Å²) in [6.45, 7) is 5.51. The molecule has 3 aliphatic rings. The van der Waals surface area contributed by atoms with Crippen molar-refractivity contribution < 1.29 is 88.3 Å². The van der Waals surface area contributed by atoms with Crippen molar-refractivity contribution in [1.29, 1.82) is 0 Å². The minimum atomic E-state index is -4.86. The fourth-order valence-electron chi connectivity index (χ4n) is 5.61. The standard InChI is InChI=1S/C20H30O8S.K/c1-12-4-7-16-19(2,14(12)6-5-13-15(21)10-27-18(13)23)9-8-17(22)20(16,3)11-28-29(24,25)26;/h5,15-17,21-22H,4,6-11H2,1-3H3,(H,24,25,26);/q;+1/p-1/b13-5+;/t15-,16?,17-,19+,20+;/m1./s1. The Kier molecular flexibility index (Phi) is 8.61. The number of carbonyl (C=O) groups is 1. The minimum absolute atomic E-state index is 0. The number of carbonyl (C=O) groups excluding carboxylic acids is 1. The van der Waals surface area contributed by atoms with Gasteiger partial charge >= 0.3 is 57.4 Å². The van der Waals surface area contributed by atoms with Gasteiger partial charge in [0.1, 0.15) is 12.7 Å². The van der Waals surface area contributed by atoms with Crippen molar-refractivity contribution >= 4 is 16.4 Å². The van der Waals surface area contributed by atoms with Gasteiger partial charge in [0.2, 0.25) is 10.4 Å². The summed E-state index contributed by atoms with van der Waals surface area (Å²) < 4.78 is 42.6. The summed E-state index contributed by atoms with van der Waals surface area (Å²) in [6, 6.07) is 0. The smallest absolute Gasteiger partial charge is 0.726 e. The molecule has 0 aromatic rings. The molecule has 10 heteroatoms. The first kappa shape index (κ1) is 26.6. The molecule has 2 fully saturated rings. The van der Waals surface area contributed by atoms with Crippen LogP contribution in [0.15, 0.2) is 22.8 Å². The number of rotatable bonds is 5. The molecule has 164 valence electrons. The molecule has 1 saturated carbocycles. The summed E-state index contributed by atoms with van der Waals surface area (Å²) >= 11 is 0. The van der Waals surface area contributed by atoms with Crippen LogP contribution in [0, 0.1) is 16.7 Å². The van der Waals surface area contributed by atoms with Crippen molar-refractivity contribution in [2.75, 3.05) is 13.2 Å². The van der Waals surface area contributed by atoms with E-state index < -0.39 is 34.0 Å². The van der Waals surface area contributed by atoms with E-state index in [2.05, 4.69) is 11.1 Å². The first-order valence-corrected chi connectivity index (χ1v) is 11.2. The maximum atomic E-state index is 11.8. The summed E-state index contributed by atoms with van der Waals surface area (Å²) in [7, 11) is -4.86. The molecule has 0 bridgehead atoms. The zero-order chi connectivity index (χ0) is 21.6. The molecular formula is C20H29KO8S. The van der Waals surface area contributed by atoms with E-state index in [0.29, 0.717) is 19.3 Å². The zero-order valence-corrected chi connectivity index (χ0v) is 22.0. The van der Waals surface area contributed by atoms with Gasteiger partial charge in [0.15, 0.2) is 0 Å². The van der Waals surface area contributed by atoms with Crippen molar-refractivity contribution in [2.24, 2.45) is 16.7 Å². The monoisotopic (exact) mass is 468 g/mol. The quantitative estimate of drug-likeness (QED) is 0.126. The predicted molar refractivity (Wildman–Crippen MR) is 102 cm³/mol. The Bertz CT molecular complexity index is 851. The summed E-state index contributed by atoms with van der Waals surface area (Å²) in [4.78, 5) is 11.8. The number of hydrogen-bond donors (Lipinski definition) is 2. The molecule has 0 aromatic heterocycles. The molecule has 1 aliphatic heterocycles. The van der Waals surface area contributed by atoms with Gasteiger partial charge in [-0.05, 0) is 50.4 Å². The van der Waals surface area contributed by atoms with E-state index in [1.807, 2.05) is 6.92 Å². The van der Waals surface area contributed by atoms with Crippen LogP contribution in [0.3, 0.4) is 0 Å². The summed E-state index contributed by atoms with van der Waals surface area (Å²) in [5.74, 6) is -0.607. The normalized spacial score (nSPS) is 38.3. The third kappa shape index (κ3) is 5.13. The molecule has 0 amide bonds. The molecule has 5 atom stereocenters. The van der Waals surface area contributed by atoms with Crippen molar-refractivity contribution in [2.45, 2.75) is 65.1 Å². The van der Waals surface area contributed by atoms with Crippen LogP contribution in [-0.2, 0) is 24.1 Å². The van der Waals surface area contributed by atoms with E-state index in [1.165, 1.54) is 5.57 Å². The number of allylic oxidation sites excluding steroid dienone is 3. The zero-order valence-electron chi connectivity index (χ0n) is 18.0. The maximum Gasteiger partial charge on any atom is 1.00 e. The van der Waals surface area contributed by atoms with E-state index >= 15 is 0 Å². The predicted octanol–water partition coefficient (Wildman–Crippen LogP) is -1.40. The van der Waals surface area contributed by atoms with E-state index in [4.69, 9.17) is 4.74 Å². The van der Waals surface area contributed by atoms with Crippen molar-refractivity contribution in [3.8, 4) is 0 Å². The second-order valence-corrected chi connectivity index (χ2v) is 10.0. The molecule has 1 heterocycles. The van der Waals surface area contributed by atoms with Crippen LogP contribution >= 0.6 is 0 Å². The van der Waals surface area contributed by atoms with Crippen LogP contribution in [0.4, 0.5) is 0 Å². The maximum absolute atomic E-state index is 11.8. The van der Waals surface area contributed by atoms with E-state index in [0.717, 1.165) is 18.4 Å². The van der Waals surface area contributed by atoms with Gasteiger partial charge in [0.05, 0.1) is 18.3 Å². The Balaban J connectivity index is 0.00000320. The van der Waals surface area contributed by atoms with Gasteiger partial charge in [0.25, 0.3) is 0 Å². The van der Waals surface area contributed by atoms with Gasteiger partial charge in [-0.15, -0.1) is 0 Å². The number of fused-ring (bicyclic) bond motifs is 1. The summed E-state index contributed by atoms with van der Waals surface area (Å²) in [5, 5.41) is 20.7. The minimum Gasteiger partial charge on any atom is -0.726 e. The van der Waals surface area contributed by atoms with Gasteiger partial charge in [-0.2, -0.15) is 0 Å². The van der Waals surface area contributed by atoms with Gasteiger partial charge < -0.3 is 19.5 Å². The summed E-state index contributed by atoms with van der Waals surface area (Å²) in [5.41, 5.74) is 1.33. The molecule has 0 aromatic carbocycles. The SMILES string of the molecule is CC1=C(C/C=C2/C(=O)OC[C@H]2O)[C@]2(C)CC[C@@H](O)[C@@](C)(COS(=O)(=O)[O-])C2CC1.[K+]. The Hall–Kier alpha value is 0.376. The molecule has 30 heavy (non-hydrogen) atoms. The molecule has 0 radical (unpaired) electrons. The second-order valence-electron chi connectivity index (χ2n) is 8.98. The van der Waals surface area contributed by atoms with Gasteiger partial charge in [-0.3, -0.25) is 4.18 Å². The van der Waals surface area contributed by atoms with Crippen LogP contribution in [0.25, 0.3) is 0 Å².